The Bertz CT molecular complexity index is 233. The molecule has 1 heterocycles. The SMILES string of the molecule is [CH2]c1nccnc1CCCCC. The smallest absolute Gasteiger partial charge is 0.0622 e. The minimum atomic E-state index is 0.827. The van der Waals surface area contributed by atoms with Crippen molar-refractivity contribution in [1.29, 1.82) is 0 Å². The summed E-state index contributed by atoms with van der Waals surface area (Å²) in [6.07, 6.45) is 8.13. The molecule has 12 heavy (non-hydrogen) atoms. The van der Waals surface area contributed by atoms with Gasteiger partial charge in [-0.25, -0.2) is 0 Å². The fourth-order valence-electron chi connectivity index (χ4n) is 1.15. The van der Waals surface area contributed by atoms with E-state index in [-0.39, 0.29) is 0 Å². The molecule has 1 rings (SSSR count). The summed E-state index contributed by atoms with van der Waals surface area (Å²) in [4.78, 5) is 8.31. The Labute approximate surface area is 74.1 Å². The van der Waals surface area contributed by atoms with Crippen molar-refractivity contribution < 1.29 is 0 Å². The van der Waals surface area contributed by atoms with E-state index in [2.05, 4.69) is 23.8 Å². The van der Waals surface area contributed by atoms with Crippen molar-refractivity contribution in [3.8, 4) is 0 Å². The van der Waals surface area contributed by atoms with Crippen LogP contribution in [0.25, 0.3) is 0 Å². The maximum Gasteiger partial charge on any atom is 0.0622 e. The van der Waals surface area contributed by atoms with Crippen LogP contribution in [0.15, 0.2) is 12.4 Å². The molecule has 0 bridgehead atoms. The lowest BCUT2D eigenvalue weighted by molar-refractivity contribution is 0.703. The van der Waals surface area contributed by atoms with Crippen LogP contribution < -0.4 is 0 Å². The van der Waals surface area contributed by atoms with Gasteiger partial charge in [0.05, 0.1) is 11.4 Å². The van der Waals surface area contributed by atoms with Gasteiger partial charge in [-0.15, -0.1) is 0 Å². The van der Waals surface area contributed by atoms with Gasteiger partial charge in [-0.2, -0.15) is 0 Å². The zero-order chi connectivity index (χ0) is 8.81. The van der Waals surface area contributed by atoms with Gasteiger partial charge in [-0.1, -0.05) is 19.8 Å². The molecule has 0 aliphatic rings. The van der Waals surface area contributed by atoms with Crippen molar-refractivity contribution in [3.05, 3.63) is 30.7 Å². The van der Waals surface area contributed by atoms with Gasteiger partial charge in [0.2, 0.25) is 0 Å². The number of unbranched alkanes of at least 4 members (excludes halogenated alkanes) is 2. The zero-order valence-corrected chi connectivity index (χ0v) is 7.58. The first-order valence-electron chi connectivity index (χ1n) is 4.46. The number of hydrogen-bond acceptors (Lipinski definition) is 2. The van der Waals surface area contributed by atoms with Crippen molar-refractivity contribution in [2.24, 2.45) is 0 Å². The normalized spacial score (nSPS) is 10.2. The second kappa shape index (κ2) is 4.86. The lowest BCUT2D eigenvalue weighted by atomic mass is 10.1. The topological polar surface area (TPSA) is 25.8 Å². The zero-order valence-electron chi connectivity index (χ0n) is 7.58. The summed E-state index contributed by atoms with van der Waals surface area (Å²) in [5.74, 6) is 0. The quantitative estimate of drug-likeness (QED) is 0.637. The number of aryl methyl sites for hydroxylation is 1. The average molecular weight is 163 g/mol. The van der Waals surface area contributed by atoms with Crippen LogP contribution in [0.3, 0.4) is 0 Å². The van der Waals surface area contributed by atoms with Crippen LogP contribution in [-0.2, 0) is 6.42 Å². The van der Waals surface area contributed by atoms with E-state index in [9.17, 15) is 0 Å². The van der Waals surface area contributed by atoms with E-state index in [0.717, 1.165) is 17.8 Å². The molecule has 0 unspecified atom stereocenters. The summed E-state index contributed by atoms with van der Waals surface area (Å²) in [7, 11) is 0. The molecule has 0 saturated heterocycles. The lowest BCUT2D eigenvalue weighted by Crippen LogP contribution is -1.95. The third kappa shape index (κ3) is 2.61. The Morgan fingerprint density at radius 1 is 1.25 bits per heavy atom. The number of hydrogen-bond donors (Lipinski definition) is 0. The first-order chi connectivity index (χ1) is 5.84. The summed E-state index contributed by atoms with van der Waals surface area (Å²) in [6.45, 7) is 6.02. The second-order valence-corrected chi connectivity index (χ2v) is 2.91. The molecule has 0 spiro atoms. The predicted molar refractivity (Wildman–Crippen MR) is 49.7 cm³/mol. The van der Waals surface area contributed by atoms with E-state index in [1.54, 1.807) is 12.4 Å². The fraction of sp³-hybridized carbons (Fsp3) is 0.500. The largest absolute Gasteiger partial charge is 0.258 e. The van der Waals surface area contributed by atoms with E-state index >= 15 is 0 Å². The first kappa shape index (κ1) is 9.17. The van der Waals surface area contributed by atoms with Gasteiger partial charge < -0.3 is 0 Å². The molecule has 0 fully saturated rings. The monoisotopic (exact) mass is 163 g/mol. The molecule has 65 valence electrons. The Balaban J connectivity index is 2.46. The van der Waals surface area contributed by atoms with Gasteiger partial charge in [-0.3, -0.25) is 9.97 Å². The Kier molecular flexibility index (Phi) is 3.71. The average Bonchev–Trinajstić information content (AvgIpc) is 2.09. The molecule has 0 saturated carbocycles. The van der Waals surface area contributed by atoms with Crippen molar-refractivity contribution in [1.82, 2.24) is 9.97 Å². The molecule has 0 aromatic carbocycles. The van der Waals surface area contributed by atoms with Crippen LogP contribution in [-0.4, -0.2) is 9.97 Å². The van der Waals surface area contributed by atoms with Gasteiger partial charge in [0, 0.05) is 12.4 Å². The van der Waals surface area contributed by atoms with Crippen LogP contribution in [0.5, 0.6) is 0 Å². The van der Waals surface area contributed by atoms with Crippen LogP contribution in [0.2, 0.25) is 0 Å². The molecule has 1 radical (unpaired) electrons. The number of rotatable bonds is 4. The maximum atomic E-state index is 4.23. The highest BCUT2D eigenvalue weighted by atomic mass is 14.8. The van der Waals surface area contributed by atoms with Gasteiger partial charge in [0.1, 0.15) is 0 Å². The van der Waals surface area contributed by atoms with Gasteiger partial charge in [0.15, 0.2) is 0 Å². The summed E-state index contributed by atoms with van der Waals surface area (Å²) in [5, 5.41) is 0. The first-order valence-corrected chi connectivity index (χ1v) is 4.46. The predicted octanol–water partition coefficient (Wildman–Crippen LogP) is 2.39. The summed E-state index contributed by atoms with van der Waals surface area (Å²) in [5.41, 5.74) is 1.87. The molecule has 2 heteroatoms. The van der Waals surface area contributed by atoms with E-state index < -0.39 is 0 Å². The molecule has 1 aromatic rings. The van der Waals surface area contributed by atoms with E-state index in [0.29, 0.717) is 0 Å². The van der Waals surface area contributed by atoms with Crippen molar-refractivity contribution in [2.75, 3.05) is 0 Å². The van der Waals surface area contributed by atoms with E-state index in [4.69, 9.17) is 0 Å². The summed E-state index contributed by atoms with van der Waals surface area (Å²) >= 11 is 0. The summed E-state index contributed by atoms with van der Waals surface area (Å²) < 4.78 is 0. The highest BCUT2D eigenvalue weighted by Crippen LogP contribution is 2.05. The van der Waals surface area contributed by atoms with E-state index in [1.807, 2.05) is 0 Å². The minimum Gasteiger partial charge on any atom is -0.258 e. The molecular weight excluding hydrogens is 148 g/mol. The summed E-state index contributed by atoms with van der Waals surface area (Å²) in [6, 6.07) is 0. The second-order valence-electron chi connectivity index (χ2n) is 2.91. The molecular formula is C10H15N2. The molecule has 0 atom stereocenters. The van der Waals surface area contributed by atoms with Crippen LogP contribution >= 0.6 is 0 Å². The Hall–Kier alpha value is -0.920. The van der Waals surface area contributed by atoms with Crippen molar-refractivity contribution in [3.63, 3.8) is 0 Å². The highest BCUT2D eigenvalue weighted by molar-refractivity contribution is 5.13. The van der Waals surface area contributed by atoms with Gasteiger partial charge in [0.25, 0.3) is 0 Å². The van der Waals surface area contributed by atoms with Gasteiger partial charge >= 0.3 is 0 Å². The minimum absolute atomic E-state index is 0.827. The van der Waals surface area contributed by atoms with Gasteiger partial charge in [-0.05, 0) is 19.8 Å². The van der Waals surface area contributed by atoms with Crippen LogP contribution in [0.1, 0.15) is 37.6 Å². The molecule has 0 aliphatic carbocycles. The molecule has 2 nitrogen and oxygen atoms in total. The lowest BCUT2D eigenvalue weighted by Gasteiger charge is -2.01. The third-order valence-corrected chi connectivity index (χ3v) is 1.88. The van der Waals surface area contributed by atoms with E-state index in [1.165, 1.54) is 19.3 Å². The van der Waals surface area contributed by atoms with Crippen molar-refractivity contribution >= 4 is 0 Å². The standard InChI is InChI=1S/C10H15N2/c1-3-4-5-6-10-9(2)11-7-8-12-10/h7-8H,2-6H2,1H3. The molecule has 1 aromatic heterocycles. The maximum absolute atomic E-state index is 4.23. The highest BCUT2D eigenvalue weighted by Gasteiger charge is 1.98. The number of aromatic nitrogens is 2. The molecule has 0 aliphatic heterocycles. The third-order valence-electron chi connectivity index (χ3n) is 1.88. The van der Waals surface area contributed by atoms with Crippen LogP contribution in [0, 0.1) is 6.92 Å². The fourth-order valence-corrected chi connectivity index (χ4v) is 1.15. The number of nitrogens with zero attached hydrogens (tertiary/aromatic N) is 2. The Morgan fingerprint density at radius 3 is 2.67 bits per heavy atom. The molecule has 0 amide bonds. The Morgan fingerprint density at radius 2 is 2.00 bits per heavy atom. The molecule has 0 N–H and O–H groups in total. The van der Waals surface area contributed by atoms with Crippen LogP contribution in [0.4, 0.5) is 0 Å². The van der Waals surface area contributed by atoms with Crippen molar-refractivity contribution in [2.45, 2.75) is 32.6 Å².